The maximum absolute atomic E-state index is 12.8. The number of likely N-dealkylation sites (N-methyl/N-ethyl adjacent to an activating group) is 2. The van der Waals surface area contributed by atoms with E-state index in [1.807, 2.05) is 25.1 Å². The number of fused-ring (bicyclic) bond motifs is 1. The fourth-order valence-corrected chi connectivity index (χ4v) is 3.30. The minimum absolute atomic E-state index is 0.0257. The summed E-state index contributed by atoms with van der Waals surface area (Å²) in [6.45, 7) is 4.12. The largest absolute Gasteiger partial charge is 0.401 e. The summed E-state index contributed by atoms with van der Waals surface area (Å²) in [6.07, 6.45) is -2.54. The Morgan fingerprint density at radius 2 is 1.95 bits per heavy atom. The summed E-state index contributed by atoms with van der Waals surface area (Å²) in [5, 5.41) is 3.38. The average Bonchev–Trinajstić information content (AvgIpc) is 2.45. The Morgan fingerprint density at radius 1 is 1.24 bits per heavy atom. The maximum atomic E-state index is 12.8. The van der Waals surface area contributed by atoms with Crippen LogP contribution in [-0.2, 0) is 6.42 Å². The first-order valence-electron chi connectivity index (χ1n) is 7.58. The summed E-state index contributed by atoms with van der Waals surface area (Å²) >= 11 is 0. The van der Waals surface area contributed by atoms with Gasteiger partial charge in [-0.25, -0.2) is 0 Å². The zero-order valence-corrected chi connectivity index (χ0v) is 12.6. The van der Waals surface area contributed by atoms with Crippen LogP contribution in [0.3, 0.4) is 0 Å². The van der Waals surface area contributed by atoms with Crippen LogP contribution in [0.5, 0.6) is 0 Å². The lowest BCUT2D eigenvalue weighted by Crippen LogP contribution is -2.50. The number of aryl methyl sites for hydroxylation is 1. The minimum atomic E-state index is -4.15. The van der Waals surface area contributed by atoms with Gasteiger partial charge in [0, 0.05) is 12.1 Å². The molecular formula is C16H23F3N2. The molecule has 0 amide bonds. The van der Waals surface area contributed by atoms with Gasteiger partial charge in [0.05, 0.1) is 6.54 Å². The van der Waals surface area contributed by atoms with Gasteiger partial charge in [0.2, 0.25) is 0 Å². The highest BCUT2D eigenvalue weighted by atomic mass is 19.4. The van der Waals surface area contributed by atoms with E-state index in [0.717, 1.165) is 24.9 Å². The molecule has 1 aliphatic carbocycles. The highest BCUT2D eigenvalue weighted by molar-refractivity contribution is 5.34. The molecule has 21 heavy (non-hydrogen) atoms. The third-order valence-corrected chi connectivity index (χ3v) is 4.17. The molecule has 0 heterocycles. The van der Waals surface area contributed by atoms with E-state index in [0.29, 0.717) is 6.54 Å². The molecule has 2 unspecified atom stereocenters. The van der Waals surface area contributed by atoms with Crippen molar-refractivity contribution in [3.8, 4) is 0 Å². The van der Waals surface area contributed by atoms with Gasteiger partial charge in [-0.2, -0.15) is 13.2 Å². The lowest BCUT2D eigenvalue weighted by Gasteiger charge is -2.41. The van der Waals surface area contributed by atoms with Crippen LogP contribution in [0.25, 0.3) is 0 Å². The van der Waals surface area contributed by atoms with Crippen molar-refractivity contribution in [2.24, 2.45) is 0 Å². The van der Waals surface area contributed by atoms with E-state index in [-0.39, 0.29) is 12.1 Å². The van der Waals surface area contributed by atoms with Crippen molar-refractivity contribution in [3.05, 3.63) is 35.4 Å². The highest BCUT2D eigenvalue weighted by Gasteiger charge is 2.38. The average molecular weight is 300 g/mol. The number of hydrogen-bond acceptors (Lipinski definition) is 2. The summed E-state index contributed by atoms with van der Waals surface area (Å²) < 4.78 is 38.4. The lowest BCUT2D eigenvalue weighted by molar-refractivity contribution is -0.152. The van der Waals surface area contributed by atoms with Gasteiger partial charge >= 0.3 is 6.18 Å². The molecule has 118 valence electrons. The summed E-state index contributed by atoms with van der Waals surface area (Å²) in [4.78, 5) is 1.56. The van der Waals surface area contributed by atoms with Gasteiger partial charge in [0.1, 0.15) is 0 Å². The van der Waals surface area contributed by atoms with Gasteiger partial charge in [-0.1, -0.05) is 38.1 Å². The molecule has 0 aromatic heterocycles. The predicted octanol–water partition coefficient (Wildman–Crippen LogP) is 3.54. The molecular weight excluding hydrogens is 277 g/mol. The third kappa shape index (κ3) is 3.98. The van der Waals surface area contributed by atoms with Gasteiger partial charge < -0.3 is 5.32 Å². The smallest absolute Gasteiger partial charge is 0.309 e. The topological polar surface area (TPSA) is 15.3 Å². The Morgan fingerprint density at radius 3 is 2.57 bits per heavy atom. The van der Waals surface area contributed by atoms with Crippen molar-refractivity contribution in [3.63, 3.8) is 0 Å². The Bertz CT molecular complexity index is 459. The molecule has 5 heteroatoms. The maximum Gasteiger partial charge on any atom is 0.401 e. The van der Waals surface area contributed by atoms with Crippen molar-refractivity contribution < 1.29 is 13.2 Å². The molecule has 0 radical (unpaired) electrons. The van der Waals surface area contributed by atoms with Crippen LogP contribution in [0.15, 0.2) is 24.3 Å². The highest BCUT2D eigenvalue weighted by Crippen LogP contribution is 2.34. The molecule has 0 aliphatic heterocycles. The number of nitrogens with one attached hydrogen (secondary N) is 1. The molecule has 2 nitrogen and oxygen atoms in total. The Hall–Kier alpha value is -1.07. The first-order valence-corrected chi connectivity index (χ1v) is 7.58. The zero-order chi connectivity index (χ0) is 15.5. The SMILES string of the molecule is CCNC1c2ccccc2CCC1N(CC)CC(F)(F)F. The molecule has 0 saturated carbocycles. The fourth-order valence-electron chi connectivity index (χ4n) is 3.30. The molecule has 0 bridgehead atoms. The number of hydrogen-bond donors (Lipinski definition) is 1. The van der Waals surface area contributed by atoms with Crippen LogP contribution in [-0.4, -0.2) is 36.8 Å². The third-order valence-electron chi connectivity index (χ3n) is 4.17. The Labute approximate surface area is 124 Å². The van der Waals surface area contributed by atoms with Gasteiger partial charge in [-0.15, -0.1) is 0 Å². The first-order chi connectivity index (χ1) is 9.96. The van der Waals surface area contributed by atoms with Crippen LogP contribution in [0.2, 0.25) is 0 Å². The number of halogens is 3. The predicted molar refractivity (Wildman–Crippen MR) is 78.3 cm³/mol. The number of rotatable bonds is 5. The van der Waals surface area contributed by atoms with E-state index in [1.165, 1.54) is 5.56 Å². The van der Waals surface area contributed by atoms with E-state index in [1.54, 1.807) is 11.8 Å². The van der Waals surface area contributed by atoms with Crippen molar-refractivity contribution in [1.29, 1.82) is 0 Å². The van der Waals surface area contributed by atoms with Crippen LogP contribution in [0, 0.1) is 0 Å². The van der Waals surface area contributed by atoms with E-state index in [9.17, 15) is 13.2 Å². The molecule has 0 fully saturated rings. The lowest BCUT2D eigenvalue weighted by atomic mass is 9.83. The summed E-state index contributed by atoms with van der Waals surface area (Å²) in [7, 11) is 0. The zero-order valence-electron chi connectivity index (χ0n) is 12.6. The van der Waals surface area contributed by atoms with E-state index < -0.39 is 12.7 Å². The molecule has 1 aromatic carbocycles. The van der Waals surface area contributed by atoms with Crippen LogP contribution in [0.1, 0.15) is 37.4 Å². The van der Waals surface area contributed by atoms with Crippen molar-refractivity contribution >= 4 is 0 Å². The van der Waals surface area contributed by atoms with Crippen LogP contribution >= 0.6 is 0 Å². The second kappa shape index (κ2) is 6.79. The Kier molecular flexibility index (Phi) is 5.27. The van der Waals surface area contributed by atoms with Gasteiger partial charge in [0.25, 0.3) is 0 Å². The standard InChI is InChI=1S/C16H23F3N2/c1-3-20-15-13-8-6-5-7-12(13)9-10-14(15)21(4-2)11-16(17,18)19/h5-8,14-15,20H,3-4,9-11H2,1-2H3. The van der Waals surface area contributed by atoms with Crippen LogP contribution in [0.4, 0.5) is 13.2 Å². The number of nitrogens with zero attached hydrogens (tertiary/aromatic N) is 1. The summed E-state index contributed by atoms with van der Waals surface area (Å²) in [5.41, 5.74) is 2.40. The molecule has 2 rings (SSSR count). The summed E-state index contributed by atoms with van der Waals surface area (Å²) in [5.74, 6) is 0. The molecule has 1 aliphatic rings. The second-order valence-corrected chi connectivity index (χ2v) is 5.52. The molecule has 1 N–H and O–H groups in total. The van der Waals surface area contributed by atoms with Crippen LogP contribution < -0.4 is 5.32 Å². The van der Waals surface area contributed by atoms with Crippen molar-refractivity contribution in [2.45, 2.75) is 44.9 Å². The number of alkyl halides is 3. The van der Waals surface area contributed by atoms with E-state index in [2.05, 4.69) is 11.4 Å². The minimum Gasteiger partial charge on any atom is -0.309 e. The molecule has 0 spiro atoms. The van der Waals surface area contributed by atoms with Gasteiger partial charge in [-0.05, 0) is 37.1 Å². The molecule has 1 aromatic rings. The summed E-state index contributed by atoms with van der Waals surface area (Å²) in [6, 6.07) is 7.95. The molecule has 0 saturated heterocycles. The Balaban J connectivity index is 2.26. The van der Waals surface area contributed by atoms with Crippen molar-refractivity contribution in [1.82, 2.24) is 10.2 Å². The fraction of sp³-hybridized carbons (Fsp3) is 0.625. The first kappa shape index (κ1) is 16.3. The second-order valence-electron chi connectivity index (χ2n) is 5.52. The van der Waals surface area contributed by atoms with E-state index in [4.69, 9.17) is 0 Å². The van der Waals surface area contributed by atoms with Crippen molar-refractivity contribution in [2.75, 3.05) is 19.6 Å². The number of benzene rings is 1. The normalized spacial score (nSPS) is 22.4. The molecule has 2 atom stereocenters. The van der Waals surface area contributed by atoms with E-state index >= 15 is 0 Å². The quantitative estimate of drug-likeness (QED) is 0.895. The monoisotopic (exact) mass is 300 g/mol. The van der Waals surface area contributed by atoms with Gasteiger partial charge in [0.15, 0.2) is 0 Å². The van der Waals surface area contributed by atoms with Gasteiger partial charge in [-0.3, -0.25) is 4.90 Å².